The van der Waals surface area contributed by atoms with E-state index in [1.54, 1.807) is 20.8 Å². The second-order valence-corrected chi connectivity index (χ2v) is 3.63. The summed E-state index contributed by atoms with van der Waals surface area (Å²) in [6.07, 6.45) is 1.11. The Morgan fingerprint density at radius 3 is 2.64 bits per heavy atom. The SMILES string of the molecule is Cc1cc(F)cnc1C#CC(C)(C)O. The van der Waals surface area contributed by atoms with E-state index in [9.17, 15) is 9.50 Å². The van der Waals surface area contributed by atoms with Crippen molar-refractivity contribution in [3.05, 3.63) is 29.3 Å². The van der Waals surface area contributed by atoms with Gasteiger partial charge >= 0.3 is 0 Å². The number of pyridine rings is 1. The Labute approximate surface area is 82.8 Å². The van der Waals surface area contributed by atoms with E-state index in [1.165, 1.54) is 6.07 Å². The molecule has 74 valence electrons. The minimum atomic E-state index is -1.05. The molecule has 0 aliphatic heterocycles. The van der Waals surface area contributed by atoms with Gasteiger partial charge in [0, 0.05) is 0 Å². The number of aliphatic hydroxyl groups is 1. The number of hydrogen-bond donors (Lipinski definition) is 1. The van der Waals surface area contributed by atoms with E-state index < -0.39 is 5.60 Å². The van der Waals surface area contributed by atoms with Crippen LogP contribution in [0.5, 0.6) is 0 Å². The number of hydrogen-bond acceptors (Lipinski definition) is 2. The molecule has 0 aliphatic carbocycles. The molecule has 1 aromatic heterocycles. The third-order valence-corrected chi connectivity index (χ3v) is 1.53. The first-order chi connectivity index (χ1) is 6.38. The molecule has 3 heteroatoms. The zero-order chi connectivity index (χ0) is 10.8. The number of aryl methyl sites for hydroxylation is 1. The maximum atomic E-state index is 12.7. The second kappa shape index (κ2) is 3.77. The summed E-state index contributed by atoms with van der Waals surface area (Å²) in [4.78, 5) is 3.82. The van der Waals surface area contributed by atoms with E-state index in [-0.39, 0.29) is 5.82 Å². The minimum absolute atomic E-state index is 0.378. The smallest absolute Gasteiger partial charge is 0.141 e. The fourth-order valence-corrected chi connectivity index (χ4v) is 0.884. The average Bonchev–Trinajstić information content (AvgIpc) is 2.00. The molecule has 0 unspecified atom stereocenters. The zero-order valence-corrected chi connectivity index (χ0v) is 8.43. The molecule has 14 heavy (non-hydrogen) atoms. The van der Waals surface area contributed by atoms with E-state index in [0.29, 0.717) is 11.3 Å². The van der Waals surface area contributed by atoms with Crippen molar-refractivity contribution >= 4 is 0 Å². The lowest BCUT2D eigenvalue weighted by Gasteiger charge is -2.06. The molecule has 0 fully saturated rings. The van der Waals surface area contributed by atoms with Crippen LogP contribution in [-0.2, 0) is 0 Å². The maximum absolute atomic E-state index is 12.7. The molecule has 1 N–H and O–H groups in total. The standard InChI is InChI=1S/C11H12FNO/c1-8-6-9(12)7-13-10(8)4-5-11(2,3)14/h6-7,14H,1-3H3. The zero-order valence-electron chi connectivity index (χ0n) is 8.43. The Morgan fingerprint density at radius 2 is 2.14 bits per heavy atom. The molecule has 1 aromatic rings. The quantitative estimate of drug-likeness (QED) is 0.635. The highest BCUT2D eigenvalue weighted by molar-refractivity contribution is 5.36. The fraction of sp³-hybridized carbons (Fsp3) is 0.364. The Hall–Kier alpha value is -1.40. The van der Waals surface area contributed by atoms with Crippen molar-refractivity contribution in [1.82, 2.24) is 4.98 Å². The highest BCUT2D eigenvalue weighted by Crippen LogP contribution is 2.06. The van der Waals surface area contributed by atoms with Crippen molar-refractivity contribution in [2.75, 3.05) is 0 Å². The second-order valence-electron chi connectivity index (χ2n) is 3.63. The summed E-state index contributed by atoms with van der Waals surface area (Å²) in [5.41, 5.74) is 0.109. The Balaban J connectivity index is 3.02. The van der Waals surface area contributed by atoms with Gasteiger partial charge in [-0.05, 0) is 38.3 Å². The van der Waals surface area contributed by atoms with Gasteiger partial charge in [-0.25, -0.2) is 9.37 Å². The fourth-order valence-electron chi connectivity index (χ4n) is 0.884. The van der Waals surface area contributed by atoms with Crippen LogP contribution in [0.25, 0.3) is 0 Å². The molecule has 0 radical (unpaired) electrons. The molecule has 0 aliphatic rings. The van der Waals surface area contributed by atoms with Gasteiger partial charge in [-0.3, -0.25) is 0 Å². The van der Waals surface area contributed by atoms with E-state index in [4.69, 9.17) is 0 Å². The van der Waals surface area contributed by atoms with Gasteiger partial charge in [-0.2, -0.15) is 0 Å². The van der Waals surface area contributed by atoms with Gasteiger partial charge in [0.1, 0.15) is 17.1 Å². The van der Waals surface area contributed by atoms with E-state index in [2.05, 4.69) is 16.8 Å². The maximum Gasteiger partial charge on any atom is 0.141 e. The number of nitrogens with zero attached hydrogens (tertiary/aromatic N) is 1. The minimum Gasteiger partial charge on any atom is -0.378 e. The number of halogens is 1. The first-order valence-corrected chi connectivity index (χ1v) is 4.26. The Bertz CT molecular complexity index is 396. The third-order valence-electron chi connectivity index (χ3n) is 1.53. The van der Waals surface area contributed by atoms with E-state index in [0.717, 1.165) is 6.20 Å². The summed E-state index contributed by atoms with van der Waals surface area (Å²) in [7, 11) is 0. The van der Waals surface area contributed by atoms with Crippen molar-refractivity contribution in [2.24, 2.45) is 0 Å². The van der Waals surface area contributed by atoms with Crippen LogP contribution in [0.15, 0.2) is 12.3 Å². The molecule has 1 rings (SSSR count). The number of rotatable bonds is 0. The molecular weight excluding hydrogens is 181 g/mol. The van der Waals surface area contributed by atoms with Crippen molar-refractivity contribution in [2.45, 2.75) is 26.4 Å². The van der Waals surface area contributed by atoms with Crippen LogP contribution >= 0.6 is 0 Å². The predicted octanol–water partition coefficient (Wildman–Crippen LogP) is 1.65. The average molecular weight is 193 g/mol. The van der Waals surface area contributed by atoms with Gasteiger partial charge in [-0.1, -0.05) is 5.92 Å². The summed E-state index contributed by atoms with van der Waals surface area (Å²) in [5.74, 6) is 4.94. The monoisotopic (exact) mass is 193 g/mol. The molecule has 0 aromatic carbocycles. The summed E-state index contributed by atoms with van der Waals surface area (Å²) in [6.45, 7) is 4.89. The molecule has 0 saturated carbocycles. The number of aromatic nitrogens is 1. The first-order valence-electron chi connectivity index (χ1n) is 4.26. The molecule has 0 amide bonds. The van der Waals surface area contributed by atoms with Crippen LogP contribution in [0.3, 0.4) is 0 Å². The molecule has 0 bridgehead atoms. The molecule has 0 spiro atoms. The largest absolute Gasteiger partial charge is 0.378 e. The lowest BCUT2D eigenvalue weighted by molar-refractivity contribution is 0.143. The predicted molar refractivity (Wildman–Crippen MR) is 52.1 cm³/mol. The van der Waals surface area contributed by atoms with Gasteiger partial charge in [-0.15, -0.1) is 0 Å². The van der Waals surface area contributed by atoms with Gasteiger partial charge in [0.15, 0.2) is 0 Å². The summed E-state index contributed by atoms with van der Waals surface area (Å²) >= 11 is 0. The van der Waals surface area contributed by atoms with Crippen LogP contribution in [0.4, 0.5) is 4.39 Å². The Morgan fingerprint density at radius 1 is 1.50 bits per heavy atom. The molecule has 0 saturated heterocycles. The third kappa shape index (κ3) is 3.15. The van der Waals surface area contributed by atoms with Gasteiger partial charge < -0.3 is 5.11 Å². The summed E-state index contributed by atoms with van der Waals surface area (Å²) in [6, 6.07) is 1.36. The topological polar surface area (TPSA) is 33.1 Å². The van der Waals surface area contributed by atoms with Crippen LogP contribution < -0.4 is 0 Å². The van der Waals surface area contributed by atoms with Gasteiger partial charge in [0.25, 0.3) is 0 Å². The lowest BCUT2D eigenvalue weighted by Crippen LogP contribution is -2.14. The van der Waals surface area contributed by atoms with Crippen molar-refractivity contribution in [3.8, 4) is 11.8 Å². The van der Waals surface area contributed by atoms with Crippen LogP contribution in [0.2, 0.25) is 0 Å². The highest BCUT2D eigenvalue weighted by atomic mass is 19.1. The van der Waals surface area contributed by atoms with Crippen molar-refractivity contribution < 1.29 is 9.50 Å². The van der Waals surface area contributed by atoms with E-state index >= 15 is 0 Å². The van der Waals surface area contributed by atoms with Crippen molar-refractivity contribution in [1.29, 1.82) is 0 Å². The van der Waals surface area contributed by atoms with Crippen LogP contribution in [0.1, 0.15) is 25.1 Å². The normalized spacial score (nSPS) is 10.6. The molecule has 2 nitrogen and oxygen atoms in total. The highest BCUT2D eigenvalue weighted by Gasteiger charge is 2.06. The van der Waals surface area contributed by atoms with Crippen molar-refractivity contribution in [3.63, 3.8) is 0 Å². The lowest BCUT2D eigenvalue weighted by atomic mass is 10.1. The van der Waals surface area contributed by atoms with E-state index in [1.807, 2.05) is 0 Å². The van der Waals surface area contributed by atoms with Gasteiger partial charge in [0.05, 0.1) is 6.20 Å². The molecule has 0 atom stereocenters. The van der Waals surface area contributed by atoms with Gasteiger partial charge in [0.2, 0.25) is 0 Å². The molecular formula is C11H12FNO. The summed E-state index contributed by atoms with van der Waals surface area (Å²) < 4.78 is 12.7. The summed E-state index contributed by atoms with van der Waals surface area (Å²) in [5, 5.41) is 9.35. The first kappa shape index (κ1) is 10.7. The van der Waals surface area contributed by atoms with Crippen LogP contribution in [-0.4, -0.2) is 15.7 Å². The molecule has 1 heterocycles. The Kier molecular flexibility index (Phi) is 2.87. The van der Waals surface area contributed by atoms with Crippen LogP contribution in [0, 0.1) is 24.6 Å².